The van der Waals surface area contributed by atoms with Crippen LogP contribution in [0.15, 0.2) is 18.2 Å². The minimum atomic E-state index is -0.149. The van der Waals surface area contributed by atoms with Crippen molar-refractivity contribution in [1.82, 2.24) is 15.0 Å². The quantitative estimate of drug-likeness (QED) is 0.750. The predicted octanol–water partition coefficient (Wildman–Crippen LogP) is 2.24. The van der Waals surface area contributed by atoms with Crippen molar-refractivity contribution in [3.63, 3.8) is 0 Å². The van der Waals surface area contributed by atoms with E-state index in [0.717, 1.165) is 5.56 Å². The molecular formula is C11H10Cl2N4O2. The van der Waals surface area contributed by atoms with Crippen LogP contribution < -0.4 is 5.32 Å². The van der Waals surface area contributed by atoms with Crippen molar-refractivity contribution in [2.45, 2.75) is 6.42 Å². The van der Waals surface area contributed by atoms with Crippen LogP contribution in [0.25, 0.3) is 0 Å². The molecule has 1 heterocycles. The van der Waals surface area contributed by atoms with Gasteiger partial charge in [0.2, 0.25) is 16.5 Å². The maximum Gasteiger partial charge on any atom is 0.228 e. The van der Waals surface area contributed by atoms with Crippen LogP contribution in [0.5, 0.6) is 11.5 Å². The average Bonchev–Trinajstić information content (AvgIpc) is 2.32. The van der Waals surface area contributed by atoms with Gasteiger partial charge in [0.25, 0.3) is 0 Å². The highest BCUT2D eigenvalue weighted by Crippen LogP contribution is 2.24. The van der Waals surface area contributed by atoms with E-state index in [1.54, 1.807) is 6.07 Å². The highest BCUT2D eigenvalue weighted by atomic mass is 35.5. The molecule has 0 fully saturated rings. The third-order valence-electron chi connectivity index (χ3n) is 2.32. The van der Waals surface area contributed by atoms with Crippen LogP contribution in [0.4, 0.5) is 5.95 Å². The number of anilines is 1. The van der Waals surface area contributed by atoms with Crippen molar-refractivity contribution >= 4 is 29.2 Å². The number of nitrogens with one attached hydrogen (secondary N) is 1. The SMILES string of the molecule is Oc1ccc(CCNc2nc(Cl)nc(Cl)n2)cc1O. The highest BCUT2D eigenvalue weighted by molar-refractivity contribution is 6.31. The van der Waals surface area contributed by atoms with Crippen LogP contribution in [0, 0.1) is 0 Å². The molecule has 0 saturated carbocycles. The minimum absolute atomic E-state index is 0.0183. The molecule has 2 aromatic rings. The smallest absolute Gasteiger partial charge is 0.228 e. The molecule has 0 aliphatic heterocycles. The van der Waals surface area contributed by atoms with Crippen LogP contribution in [0.1, 0.15) is 5.56 Å². The van der Waals surface area contributed by atoms with Crippen LogP contribution in [0.2, 0.25) is 10.6 Å². The Bertz CT molecular complexity index is 575. The van der Waals surface area contributed by atoms with Gasteiger partial charge in [0, 0.05) is 6.54 Å². The molecular weight excluding hydrogens is 291 g/mol. The van der Waals surface area contributed by atoms with Gasteiger partial charge in [0.05, 0.1) is 0 Å². The molecule has 2 rings (SSSR count). The topological polar surface area (TPSA) is 91.2 Å². The minimum Gasteiger partial charge on any atom is -0.504 e. The Hall–Kier alpha value is -1.79. The number of hydrogen-bond donors (Lipinski definition) is 3. The molecule has 0 aliphatic carbocycles. The summed E-state index contributed by atoms with van der Waals surface area (Å²) in [6.45, 7) is 0.515. The van der Waals surface area contributed by atoms with Crippen LogP contribution in [0.3, 0.4) is 0 Å². The zero-order chi connectivity index (χ0) is 13.8. The van der Waals surface area contributed by atoms with Gasteiger partial charge < -0.3 is 15.5 Å². The van der Waals surface area contributed by atoms with Gasteiger partial charge in [-0.1, -0.05) is 6.07 Å². The first-order valence-electron chi connectivity index (χ1n) is 5.36. The molecule has 100 valence electrons. The number of aromatic nitrogens is 3. The van der Waals surface area contributed by atoms with Gasteiger partial charge in [-0.15, -0.1) is 0 Å². The molecule has 6 nitrogen and oxygen atoms in total. The Morgan fingerprint density at radius 3 is 2.32 bits per heavy atom. The largest absolute Gasteiger partial charge is 0.504 e. The van der Waals surface area contributed by atoms with E-state index in [4.69, 9.17) is 23.2 Å². The Kier molecular flexibility index (Phi) is 4.24. The molecule has 0 spiro atoms. The first-order chi connectivity index (χ1) is 9.04. The van der Waals surface area contributed by atoms with Gasteiger partial charge in [-0.3, -0.25) is 0 Å². The van der Waals surface area contributed by atoms with E-state index in [1.807, 2.05) is 0 Å². The van der Waals surface area contributed by atoms with Crippen molar-refractivity contribution in [3.05, 3.63) is 34.3 Å². The molecule has 1 aromatic heterocycles. The Balaban J connectivity index is 1.94. The third kappa shape index (κ3) is 3.84. The van der Waals surface area contributed by atoms with Crippen LogP contribution in [-0.4, -0.2) is 31.7 Å². The summed E-state index contributed by atoms with van der Waals surface area (Å²) in [6.07, 6.45) is 0.606. The standard InChI is InChI=1S/C11H10Cl2N4O2/c12-9-15-10(13)17-11(16-9)14-4-3-6-1-2-7(18)8(19)5-6/h1-2,5,18-19H,3-4H2,(H,14,15,16,17). The fourth-order valence-electron chi connectivity index (χ4n) is 1.45. The summed E-state index contributed by atoms with van der Waals surface area (Å²) in [5.74, 6) is -0.00973. The zero-order valence-corrected chi connectivity index (χ0v) is 11.2. The van der Waals surface area contributed by atoms with E-state index in [9.17, 15) is 10.2 Å². The maximum absolute atomic E-state index is 9.35. The monoisotopic (exact) mass is 300 g/mol. The fraction of sp³-hybridized carbons (Fsp3) is 0.182. The highest BCUT2D eigenvalue weighted by Gasteiger charge is 2.04. The van der Waals surface area contributed by atoms with Gasteiger partial charge in [0.15, 0.2) is 11.5 Å². The van der Waals surface area contributed by atoms with Crippen molar-refractivity contribution in [1.29, 1.82) is 0 Å². The molecule has 8 heteroatoms. The lowest BCUT2D eigenvalue weighted by Crippen LogP contribution is -2.08. The summed E-state index contributed by atoms with van der Waals surface area (Å²) in [4.78, 5) is 11.3. The lowest BCUT2D eigenvalue weighted by molar-refractivity contribution is 0.403. The van der Waals surface area contributed by atoms with E-state index >= 15 is 0 Å². The Labute approximate surface area is 119 Å². The van der Waals surface area contributed by atoms with E-state index < -0.39 is 0 Å². The van der Waals surface area contributed by atoms with Crippen molar-refractivity contribution in [3.8, 4) is 11.5 Å². The van der Waals surface area contributed by atoms with E-state index in [2.05, 4.69) is 20.3 Å². The van der Waals surface area contributed by atoms with E-state index in [-0.39, 0.29) is 28.0 Å². The molecule has 0 amide bonds. The first kappa shape index (κ1) is 13.6. The normalized spacial score (nSPS) is 10.4. The molecule has 3 N–H and O–H groups in total. The van der Waals surface area contributed by atoms with Crippen LogP contribution >= 0.6 is 23.2 Å². The van der Waals surface area contributed by atoms with Gasteiger partial charge in [-0.25, -0.2) is 0 Å². The van der Waals surface area contributed by atoms with E-state index in [0.29, 0.717) is 13.0 Å². The zero-order valence-electron chi connectivity index (χ0n) is 9.64. The molecule has 0 saturated heterocycles. The van der Waals surface area contributed by atoms with Crippen molar-refractivity contribution in [2.24, 2.45) is 0 Å². The fourth-order valence-corrected chi connectivity index (χ4v) is 1.81. The number of nitrogens with zero attached hydrogens (tertiary/aromatic N) is 3. The number of rotatable bonds is 4. The molecule has 1 aromatic carbocycles. The molecule has 0 atom stereocenters. The number of phenolic OH excluding ortho intramolecular Hbond substituents is 2. The number of phenols is 2. The molecule has 0 radical (unpaired) electrons. The first-order valence-corrected chi connectivity index (χ1v) is 6.12. The van der Waals surface area contributed by atoms with Crippen molar-refractivity contribution in [2.75, 3.05) is 11.9 Å². The number of benzene rings is 1. The lowest BCUT2D eigenvalue weighted by atomic mass is 10.1. The van der Waals surface area contributed by atoms with Gasteiger partial charge in [-0.05, 0) is 47.3 Å². The molecule has 0 aliphatic rings. The summed E-state index contributed by atoms with van der Waals surface area (Å²) in [5, 5.41) is 21.5. The summed E-state index contributed by atoms with van der Waals surface area (Å²) in [6, 6.07) is 4.63. The summed E-state index contributed by atoms with van der Waals surface area (Å²) < 4.78 is 0. The number of hydrogen-bond acceptors (Lipinski definition) is 6. The molecule has 0 bridgehead atoms. The lowest BCUT2D eigenvalue weighted by Gasteiger charge is -2.06. The number of aromatic hydroxyl groups is 2. The molecule has 0 unspecified atom stereocenters. The van der Waals surface area contributed by atoms with E-state index in [1.165, 1.54) is 12.1 Å². The number of halogens is 2. The summed E-state index contributed by atoms with van der Waals surface area (Å²) >= 11 is 11.3. The molecule has 19 heavy (non-hydrogen) atoms. The average molecular weight is 301 g/mol. The third-order valence-corrected chi connectivity index (χ3v) is 2.66. The second kappa shape index (κ2) is 5.90. The Morgan fingerprint density at radius 2 is 1.68 bits per heavy atom. The summed E-state index contributed by atoms with van der Waals surface area (Å²) in [7, 11) is 0. The van der Waals surface area contributed by atoms with Crippen LogP contribution in [-0.2, 0) is 6.42 Å². The predicted molar refractivity (Wildman–Crippen MR) is 71.8 cm³/mol. The van der Waals surface area contributed by atoms with Gasteiger partial charge in [-0.2, -0.15) is 15.0 Å². The van der Waals surface area contributed by atoms with Crippen molar-refractivity contribution < 1.29 is 10.2 Å². The summed E-state index contributed by atoms with van der Waals surface area (Å²) in [5.41, 5.74) is 0.856. The Morgan fingerprint density at radius 1 is 1.00 bits per heavy atom. The van der Waals surface area contributed by atoms with Gasteiger partial charge in [0.1, 0.15) is 0 Å². The maximum atomic E-state index is 9.35. The second-order valence-electron chi connectivity index (χ2n) is 3.70. The van der Waals surface area contributed by atoms with Gasteiger partial charge >= 0.3 is 0 Å². The second-order valence-corrected chi connectivity index (χ2v) is 4.37.